The number of hydrogen-bond donors (Lipinski definition) is 1. The molecule has 0 saturated heterocycles. The molecule has 24 heavy (non-hydrogen) atoms. The second kappa shape index (κ2) is 6.13. The van der Waals surface area contributed by atoms with Crippen molar-refractivity contribution in [2.45, 2.75) is 13.8 Å². The first-order valence-electron chi connectivity index (χ1n) is 7.45. The van der Waals surface area contributed by atoms with Crippen LogP contribution in [0.1, 0.15) is 18.1 Å². The zero-order valence-electron chi connectivity index (χ0n) is 13.7. The lowest BCUT2D eigenvalue weighted by molar-refractivity contribution is 0.415. The third kappa shape index (κ3) is 3.05. The predicted molar refractivity (Wildman–Crippen MR) is 96.7 cm³/mol. The normalized spacial score (nSPS) is 16.0. The van der Waals surface area contributed by atoms with Gasteiger partial charge in [-0.05, 0) is 55.8 Å². The van der Waals surface area contributed by atoms with Crippen LogP contribution in [0, 0.1) is 6.92 Å². The van der Waals surface area contributed by atoms with E-state index in [0.717, 1.165) is 11.3 Å². The second-order valence-corrected chi connectivity index (χ2v) is 7.13. The highest BCUT2D eigenvalue weighted by Crippen LogP contribution is 2.33. The molecule has 3 rings (SSSR count). The van der Waals surface area contributed by atoms with Crippen molar-refractivity contribution in [3.8, 4) is 5.75 Å². The van der Waals surface area contributed by atoms with E-state index < -0.39 is 10.0 Å². The SMILES string of the molecule is COc1ccc(C2=C(C)C(Nc3ccc(C)cc3)=NS2(=O)=O)cc1. The van der Waals surface area contributed by atoms with Crippen LogP contribution in [0.3, 0.4) is 0 Å². The third-order valence-electron chi connectivity index (χ3n) is 3.83. The van der Waals surface area contributed by atoms with Gasteiger partial charge in [-0.3, -0.25) is 0 Å². The number of ether oxygens (including phenoxy) is 1. The summed E-state index contributed by atoms with van der Waals surface area (Å²) in [5, 5.41) is 3.08. The first-order valence-corrected chi connectivity index (χ1v) is 8.89. The molecule has 0 aliphatic carbocycles. The fourth-order valence-electron chi connectivity index (χ4n) is 2.53. The summed E-state index contributed by atoms with van der Waals surface area (Å²) >= 11 is 0. The maximum absolute atomic E-state index is 12.5. The summed E-state index contributed by atoms with van der Waals surface area (Å²) in [6.07, 6.45) is 0. The average Bonchev–Trinajstić information content (AvgIpc) is 2.78. The third-order valence-corrected chi connectivity index (χ3v) is 5.31. The number of nitrogens with one attached hydrogen (secondary N) is 1. The summed E-state index contributed by atoms with van der Waals surface area (Å²) < 4.78 is 33.9. The quantitative estimate of drug-likeness (QED) is 0.925. The number of nitrogens with zero attached hydrogens (tertiary/aromatic N) is 1. The van der Waals surface area contributed by atoms with Gasteiger partial charge in [-0.25, -0.2) is 0 Å². The molecule has 1 heterocycles. The summed E-state index contributed by atoms with van der Waals surface area (Å²) in [5.74, 6) is 1.02. The van der Waals surface area contributed by atoms with Gasteiger partial charge in [0, 0.05) is 11.3 Å². The molecule has 6 heteroatoms. The number of aryl methyl sites for hydroxylation is 1. The van der Waals surface area contributed by atoms with Gasteiger partial charge < -0.3 is 10.1 Å². The topological polar surface area (TPSA) is 67.8 Å². The Morgan fingerprint density at radius 3 is 2.17 bits per heavy atom. The first kappa shape index (κ1) is 16.3. The lowest BCUT2D eigenvalue weighted by Crippen LogP contribution is -2.11. The van der Waals surface area contributed by atoms with Crippen molar-refractivity contribution >= 4 is 26.5 Å². The van der Waals surface area contributed by atoms with Crippen molar-refractivity contribution < 1.29 is 13.2 Å². The highest BCUT2D eigenvalue weighted by atomic mass is 32.2. The molecule has 5 nitrogen and oxygen atoms in total. The van der Waals surface area contributed by atoms with Crippen LogP contribution in [0.4, 0.5) is 5.69 Å². The molecular weight excluding hydrogens is 324 g/mol. The minimum atomic E-state index is -3.72. The molecule has 0 bridgehead atoms. The Morgan fingerprint density at radius 1 is 0.958 bits per heavy atom. The molecule has 0 unspecified atom stereocenters. The monoisotopic (exact) mass is 342 g/mol. The minimum absolute atomic E-state index is 0.222. The van der Waals surface area contributed by atoms with E-state index in [1.165, 1.54) is 0 Å². The summed E-state index contributed by atoms with van der Waals surface area (Å²) in [7, 11) is -2.15. The molecule has 0 saturated carbocycles. The van der Waals surface area contributed by atoms with Gasteiger partial charge in [-0.15, -0.1) is 4.40 Å². The minimum Gasteiger partial charge on any atom is -0.497 e. The lowest BCUT2D eigenvalue weighted by Gasteiger charge is -2.08. The van der Waals surface area contributed by atoms with Gasteiger partial charge >= 0.3 is 0 Å². The van der Waals surface area contributed by atoms with E-state index in [-0.39, 0.29) is 4.91 Å². The van der Waals surface area contributed by atoms with E-state index in [9.17, 15) is 8.42 Å². The molecule has 1 aliphatic rings. The smallest absolute Gasteiger partial charge is 0.285 e. The van der Waals surface area contributed by atoms with E-state index in [4.69, 9.17) is 4.74 Å². The van der Waals surface area contributed by atoms with Gasteiger partial charge in [0.1, 0.15) is 16.5 Å². The van der Waals surface area contributed by atoms with Crippen molar-refractivity contribution in [3.63, 3.8) is 0 Å². The van der Waals surface area contributed by atoms with Gasteiger partial charge in [0.15, 0.2) is 0 Å². The fourth-order valence-corrected chi connectivity index (χ4v) is 3.97. The molecule has 0 radical (unpaired) electrons. The lowest BCUT2D eigenvalue weighted by atomic mass is 10.1. The van der Waals surface area contributed by atoms with Crippen LogP contribution in [-0.2, 0) is 10.0 Å². The number of amidine groups is 1. The number of methoxy groups -OCH3 is 1. The Balaban J connectivity index is 1.97. The van der Waals surface area contributed by atoms with Crippen molar-refractivity contribution in [2.75, 3.05) is 12.4 Å². The van der Waals surface area contributed by atoms with Gasteiger partial charge in [-0.1, -0.05) is 17.7 Å². The largest absolute Gasteiger partial charge is 0.497 e. The zero-order valence-corrected chi connectivity index (χ0v) is 14.5. The predicted octanol–water partition coefficient (Wildman–Crippen LogP) is 3.59. The second-order valence-electron chi connectivity index (χ2n) is 5.59. The Labute approximate surface area is 141 Å². The molecule has 1 N–H and O–H groups in total. The van der Waals surface area contributed by atoms with Gasteiger partial charge in [-0.2, -0.15) is 8.42 Å². The summed E-state index contributed by atoms with van der Waals surface area (Å²) in [4.78, 5) is 0.222. The van der Waals surface area contributed by atoms with Crippen LogP contribution in [-0.4, -0.2) is 21.4 Å². The van der Waals surface area contributed by atoms with Crippen molar-refractivity contribution in [3.05, 3.63) is 65.2 Å². The van der Waals surface area contributed by atoms with E-state index in [1.54, 1.807) is 38.3 Å². The van der Waals surface area contributed by atoms with Crippen LogP contribution in [0.15, 0.2) is 58.5 Å². The van der Waals surface area contributed by atoms with Crippen molar-refractivity contribution in [1.82, 2.24) is 0 Å². The zero-order chi connectivity index (χ0) is 17.3. The standard InChI is InChI=1S/C18H18N2O3S/c1-12-4-8-15(9-5-12)19-18-13(2)17(24(21,22)20-18)14-6-10-16(23-3)11-7-14/h4-11H,1-3H3,(H,19,20). The Kier molecular flexibility index (Phi) is 4.15. The van der Waals surface area contributed by atoms with Gasteiger partial charge in [0.2, 0.25) is 0 Å². The highest BCUT2D eigenvalue weighted by molar-refractivity contribution is 8.00. The molecule has 0 spiro atoms. The summed E-state index contributed by atoms with van der Waals surface area (Å²) in [6.45, 7) is 3.75. The highest BCUT2D eigenvalue weighted by Gasteiger charge is 2.31. The first-order chi connectivity index (χ1) is 11.4. The Bertz CT molecular complexity index is 925. The molecule has 0 fully saturated rings. The van der Waals surface area contributed by atoms with Crippen LogP contribution in [0.25, 0.3) is 4.91 Å². The molecule has 0 aromatic heterocycles. The Hall–Kier alpha value is -2.60. The van der Waals surface area contributed by atoms with Crippen LogP contribution in [0.2, 0.25) is 0 Å². The van der Waals surface area contributed by atoms with Crippen LogP contribution < -0.4 is 10.1 Å². The van der Waals surface area contributed by atoms with Crippen molar-refractivity contribution in [1.29, 1.82) is 0 Å². The van der Waals surface area contributed by atoms with E-state index in [2.05, 4.69) is 9.71 Å². The maximum atomic E-state index is 12.5. The van der Waals surface area contributed by atoms with Crippen LogP contribution >= 0.6 is 0 Å². The molecule has 2 aromatic rings. The Morgan fingerprint density at radius 2 is 1.58 bits per heavy atom. The number of benzene rings is 2. The van der Waals surface area contributed by atoms with Crippen molar-refractivity contribution in [2.24, 2.45) is 4.40 Å². The molecule has 0 atom stereocenters. The van der Waals surface area contributed by atoms with E-state index in [0.29, 0.717) is 22.7 Å². The number of sulfonamides is 1. The van der Waals surface area contributed by atoms with E-state index >= 15 is 0 Å². The molecule has 1 aliphatic heterocycles. The summed E-state index contributed by atoms with van der Waals surface area (Å²) in [5.41, 5.74) is 3.12. The number of rotatable bonds is 3. The molecule has 2 aromatic carbocycles. The number of anilines is 1. The number of hydrogen-bond acceptors (Lipinski definition) is 4. The van der Waals surface area contributed by atoms with Gasteiger partial charge in [0.25, 0.3) is 10.0 Å². The molecular formula is C18H18N2O3S. The van der Waals surface area contributed by atoms with Gasteiger partial charge in [0.05, 0.1) is 7.11 Å². The molecule has 124 valence electrons. The summed E-state index contributed by atoms with van der Waals surface area (Å²) in [6, 6.07) is 14.6. The van der Waals surface area contributed by atoms with E-state index in [1.807, 2.05) is 31.2 Å². The van der Waals surface area contributed by atoms with Crippen LogP contribution in [0.5, 0.6) is 5.75 Å². The molecule has 0 amide bonds. The average molecular weight is 342 g/mol. The maximum Gasteiger partial charge on any atom is 0.285 e. The fraction of sp³-hybridized carbons (Fsp3) is 0.167.